The van der Waals surface area contributed by atoms with Crippen LogP contribution in [0.4, 0.5) is 0 Å². The van der Waals surface area contributed by atoms with Gasteiger partial charge in [-0.3, -0.25) is 4.79 Å². The normalized spacial score (nSPS) is 29.2. The van der Waals surface area contributed by atoms with E-state index >= 15 is 0 Å². The lowest BCUT2D eigenvalue weighted by Crippen LogP contribution is -2.38. The maximum absolute atomic E-state index is 12.2. The van der Waals surface area contributed by atoms with Crippen molar-refractivity contribution in [1.29, 1.82) is 0 Å². The van der Waals surface area contributed by atoms with Crippen LogP contribution in [0.15, 0.2) is 0 Å². The number of rotatable bonds is 4. The first kappa shape index (κ1) is 14.8. The highest BCUT2D eigenvalue weighted by Crippen LogP contribution is 2.20. The Labute approximate surface area is 116 Å². The molecule has 0 bridgehead atoms. The van der Waals surface area contributed by atoms with Crippen molar-refractivity contribution < 1.29 is 9.53 Å². The van der Waals surface area contributed by atoms with Crippen molar-refractivity contribution in [3.63, 3.8) is 0 Å². The summed E-state index contributed by atoms with van der Waals surface area (Å²) in [4.78, 5) is 16.3. The molecule has 2 fully saturated rings. The molecule has 5 nitrogen and oxygen atoms in total. The molecule has 0 aromatic heterocycles. The van der Waals surface area contributed by atoms with Gasteiger partial charge < -0.3 is 19.9 Å². The molecule has 0 aromatic rings. The van der Waals surface area contributed by atoms with Crippen LogP contribution >= 0.6 is 0 Å². The average molecular weight is 269 g/mol. The third-order valence-corrected chi connectivity index (χ3v) is 4.32. The van der Waals surface area contributed by atoms with E-state index in [0.29, 0.717) is 12.0 Å². The SMILES string of the molecule is CC1CN(C(=O)COC2CCNCC2)CC1N(C)C. The van der Waals surface area contributed by atoms with Crippen LogP contribution in [-0.4, -0.2) is 74.7 Å². The van der Waals surface area contributed by atoms with Crippen molar-refractivity contribution in [3.05, 3.63) is 0 Å². The number of hydrogen-bond acceptors (Lipinski definition) is 4. The first-order chi connectivity index (χ1) is 9.08. The maximum atomic E-state index is 12.2. The Balaban J connectivity index is 1.74. The quantitative estimate of drug-likeness (QED) is 0.790. The van der Waals surface area contributed by atoms with E-state index in [1.807, 2.05) is 4.90 Å². The molecule has 1 amide bonds. The van der Waals surface area contributed by atoms with E-state index in [2.05, 4.69) is 31.2 Å². The summed E-state index contributed by atoms with van der Waals surface area (Å²) >= 11 is 0. The van der Waals surface area contributed by atoms with Crippen LogP contribution in [0, 0.1) is 5.92 Å². The van der Waals surface area contributed by atoms with E-state index in [1.165, 1.54) is 0 Å². The van der Waals surface area contributed by atoms with Gasteiger partial charge in [0.2, 0.25) is 5.91 Å². The highest BCUT2D eigenvalue weighted by molar-refractivity contribution is 5.77. The molecule has 0 radical (unpaired) electrons. The summed E-state index contributed by atoms with van der Waals surface area (Å²) in [5.74, 6) is 0.688. The van der Waals surface area contributed by atoms with Crippen molar-refractivity contribution in [2.75, 3.05) is 46.9 Å². The number of carbonyl (C=O) groups is 1. The number of ether oxygens (including phenoxy) is 1. The molecule has 2 rings (SSSR count). The second-order valence-corrected chi connectivity index (χ2v) is 6.07. The number of likely N-dealkylation sites (N-methyl/N-ethyl adjacent to an activating group) is 1. The summed E-state index contributed by atoms with van der Waals surface area (Å²) in [5.41, 5.74) is 0. The predicted octanol–water partition coefficient (Wildman–Crippen LogP) is 0.164. The van der Waals surface area contributed by atoms with Crippen LogP contribution in [0.2, 0.25) is 0 Å². The molecule has 0 aliphatic carbocycles. The van der Waals surface area contributed by atoms with Gasteiger partial charge in [0, 0.05) is 19.1 Å². The van der Waals surface area contributed by atoms with Gasteiger partial charge in [-0.15, -0.1) is 0 Å². The van der Waals surface area contributed by atoms with Crippen molar-refractivity contribution in [3.8, 4) is 0 Å². The number of carbonyl (C=O) groups excluding carboxylic acids is 1. The summed E-state index contributed by atoms with van der Waals surface area (Å²) in [6.07, 6.45) is 2.29. The molecular formula is C14H27N3O2. The van der Waals surface area contributed by atoms with Crippen molar-refractivity contribution in [1.82, 2.24) is 15.1 Å². The Hall–Kier alpha value is -0.650. The van der Waals surface area contributed by atoms with Gasteiger partial charge >= 0.3 is 0 Å². The molecule has 2 aliphatic rings. The maximum Gasteiger partial charge on any atom is 0.248 e. The molecule has 1 N–H and O–H groups in total. The minimum absolute atomic E-state index is 0.148. The minimum Gasteiger partial charge on any atom is -0.368 e. The second kappa shape index (κ2) is 6.68. The Morgan fingerprint density at radius 1 is 1.32 bits per heavy atom. The summed E-state index contributed by atoms with van der Waals surface area (Å²) in [7, 11) is 4.17. The fourth-order valence-electron chi connectivity index (χ4n) is 3.07. The second-order valence-electron chi connectivity index (χ2n) is 6.07. The fraction of sp³-hybridized carbons (Fsp3) is 0.929. The van der Waals surface area contributed by atoms with Crippen molar-refractivity contribution in [2.45, 2.75) is 31.9 Å². The lowest BCUT2D eigenvalue weighted by atomic mass is 10.1. The summed E-state index contributed by atoms with van der Waals surface area (Å²) < 4.78 is 5.74. The van der Waals surface area contributed by atoms with Gasteiger partial charge in [0.05, 0.1) is 6.10 Å². The van der Waals surface area contributed by atoms with E-state index in [9.17, 15) is 4.79 Å². The van der Waals surface area contributed by atoms with Crippen LogP contribution in [-0.2, 0) is 9.53 Å². The predicted molar refractivity (Wildman–Crippen MR) is 75.1 cm³/mol. The summed E-state index contributed by atoms with van der Waals surface area (Å²) in [5, 5.41) is 3.30. The van der Waals surface area contributed by atoms with Crippen LogP contribution in [0.3, 0.4) is 0 Å². The molecule has 5 heteroatoms. The molecule has 2 unspecified atom stereocenters. The Kier molecular flexibility index (Phi) is 5.19. The molecule has 2 aliphatic heterocycles. The fourth-order valence-corrected chi connectivity index (χ4v) is 3.07. The zero-order chi connectivity index (χ0) is 13.8. The van der Waals surface area contributed by atoms with Crippen molar-refractivity contribution in [2.24, 2.45) is 5.92 Å². The standard InChI is InChI=1S/C14H27N3O2/c1-11-8-17(9-13(11)16(2)3)14(18)10-19-12-4-6-15-7-5-12/h11-13,15H,4-10H2,1-3H3. The minimum atomic E-state index is 0.148. The number of piperidine rings is 1. The van der Waals surface area contributed by atoms with Crippen molar-refractivity contribution >= 4 is 5.91 Å². The lowest BCUT2D eigenvalue weighted by molar-refractivity contribution is -0.137. The van der Waals surface area contributed by atoms with Crippen LogP contribution < -0.4 is 5.32 Å². The molecule has 2 heterocycles. The number of amides is 1. The van der Waals surface area contributed by atoms with Crippen LogP contribution in [0.25, 0.3) is 0 Å². The summed E-state index contributed by atoms with van der Waals surface area (Å²) in [6.45, 7) is 6.16. The molecule has 110 valence electrons. The molecule has 2 atom stereocenters. The Bertz CT molecular complexity index is 303. The Morgan fingerprint density at radius 2 is 2.00 bits per heavy atom. The lowest BCUT2D eigenvalue weighted by Gasteiger charge is -2.24. The van der Waals surface area contributed by atoms with E-state index in [4.69, 9.17) is 4.74 Å². The summed E-state index contributed by atoms with van der Waals surface area (Å²) in [6, 6.07) is 0.475. The first-order valence-corrected chi connectivity index (χ1v) is 7.34. The number of hydrogen-bond donors (Lipinski definition) is 1. The van der Waals surface area contributed by atoms with Crippen LogP contribution in [0.1, 0.15) is 19.8 Å². The highest BCUT2D eigenvalue weighted by Gasteiger charge is 2.33. The average Bonchev–Trinajstić information content (AvgIpc) is 2.79. The van der Waals surface area contributed by atoms with Crippen LogP contribution in [0.5, 0.6) is 0 Å². The van der Waals surface area contributed by atoms with Gasteiger partial charge in [0.15, 0.2) is 0 Å². The number of likely N-dealkylation sites (tertiary alicyclic amines) is 1. The monoisotopic (exact) mass is 269 g/mol. The highest BCUT2D eigenvalue weighted by atomic mass is 16.5. The smallest absolute Gasteiger partial charge is 0.248 e. The molecule has 19 heavy (non-hydrogen) atoms. The molecule has 2 saturated heterocycles. The zero-order valence-corrected chi connectivity index (χ0v) is 12.4. The molecule has 0 saturated carbocycles. The molecular weight excluding hydrogens is 242 g/mol. The van der Waals surface area contributed by atoms with Gasteiger partial charge in [-0.05, 0) is 45.9 Å². The van der Waals surface area contributed by atoms with Gasteiger partial charge in [0.1, 0.15) is 6.61 Å². The molecule has 0 spiro atoms. The van der Waals surface area contributed by atoms with Gasteiger partial charge in [0.25, 0.3) is 0 Å². The van der Waals surface area contributed by atoms with Gasteiger partial charge in [-0.2, -0.15) is 0 Å². The zero-order valence-electron chi connectivity index (χ0n) is 12.4. The largest absolute Gasteiger partial charge is 0.368 e. The Morgan fingerprint density at radius 3 is 2.58 bits per heavy atom. The third-order valence-electron chi connectivity index (χ3n) is 4.32. The number of nitrogens with one attached hydrogen (secondary N) is 1. The van der Waals surface area contributed by atoms with E-state index in [-0.39, 0.29) is 18.6 Å². The first-order valence-electron chi connectivity index (χ1n) is 7.34. The van der Waals surface area contributed by atoms with Gasteiger partial charge in [-0.1, -0.05) is 6.92 Å². The van der Waals surface area contributed by atoms with E-state index < -0.39 is 0 Å². The topological polar surface area (TPSA) is 44.8 Å². The third kappa shape index (κ3) is 3.91. The molecule has 0 aromatic carbocycles. The number of nitrogens with zero attached hydrogens (tertiary/aromatic N) is 2. The van der Waals surface area contributed by atoms with E-state index in [1.54, 1.807) is 0 Å². The van der Waals surface area contributed by atoms with Gasteiger partial charge in [-0.25, -0.2) is 0 Å². The van der Waals surface area contributed by atoms with E-state index in [0.717, 1.165) is 39.0 Å².